The number of halogens is 2. The van der Waals surface area contributed by atoms with Crippen LogP contribution in [0.3, 0.4) is 0 Å². The van der Waals surface area contributed by atoms with Crippen molar-refractivity contribution in [2.45, 2.75) is 6.42 Å². The van der Waals surface area contributed by atoms with Crippen LogP contribution in [0.5, 0.6) is 0 Å². The van der Waals surface area contributed by atoms with Crippen LogP contribution in [0.25, 0.3) is 6.08 Å². The molecular weight excluding hydrogens is 404 g/mol. The van der Waals surface area contributed by atoms with E-state index in [9.17, 15) is 26.8 Å². The smallest absolute Gasteiger partial charge is 0.251 e. The Bertz CT molecular complexity index is 1100. The summed E-state index contributed by atoms with van der Waals surface area (Å²) < 4.78 is 52.4. The molecule has 1 saturated heterocycles. The molecule has 2 aromatic rings. The fourth-order valence-corrected chi connectivity index (χ4v) is 4.43. The number of rotatable bonds is 5. The third kappa shape index (κ3) is 4.60. The van der Waals surface area contributed by atoms with Crippen LogP contribution in [-0.4, -0.2) is 32.5 Å². The van der Waals surface area contributed by atoms with Gasteiger partial charge in [-0.15, -0.1) is 0 Å². The zero-order valence-electron chi connectivity index (χ0n) is 15.1. The lowest BCUT2D eigenvalue weighted by atomic mass is 10.1. The Kier molecular flexibility index (Phi) is 5.64. The maximum atomic E-state index is 13.8. The minimum atomic E-state index is -3.27. The van der Waals surface area contributed by atoms with Crippen molar-refractivity contribution < 1.29 is 26.8 Å². The van der Waals surface area contributed by atoms with Crippen LogP contribution in [0, 0.1) is 11.6 Å². The van der Waals surface area contributed by atoms with Crippen molar-refractivity contribution in [1.29, 1.82) is 0 Å². The monoisotopic (exact) mass is 421 g/mol. The molecule has 152 valence electrons. The topological polar surface area (TPSA) is 110 Å². The first-order chi connectivity index (χ1) is 13.7. The van der Waals surface area contributed by atoms with Gasteiger partial charge in [0.25, 0.3) is 5.91 Å². The van der Waals surface area contributed by atoms with E-state index in [1.165, 1.54) is 10.4 Å². The predicted octanol–water partition coefficient (Wildman–Crippen LogP) is 2.26. The molecule has 0 bridgehead atoms. The summed E-state index contributed by atoms with van der Waals surface area (Å²) in [5, 5.41) is 2.21. The van der Waals surface area contributed by atoms with E-state index in [0.29, 0.717) is 30.3 Å². The number of primary amides is 1. The number of nitrogens with zero attached hydrogens (tertiary/aromatic N) is 1. The highest BCUT2D eigenvalue weighted by Crippen LogP contribution is 2.24. The van der Waals surface area contributed by atoms with Gasteiger partial charge in [-0.2, -0.15) is 0 Å². The lowest BCUT2D eigenvalue weighted by molar-refractivity contribution is -0.111. The molecule has 2 aromatic carbocycles. The molecule has 10 heteroatoms. The Hall–Kier alpha value is -3.27. The molecule has 0 radical (unpaired) electrons. The average Bonchev–Trinajstić information content (AvgIpc) is 3.01. The van der Waals surface area contributed by atoms with Gasteiger partial charge in [0.2, 0.25) is 15.9 Å². The van der Waals surface area contributed by atoms with Crippen molar-refractivity contribution in [2.24, 2.45) is 5.73 Å². The largest absolute Gasteiger partial charge is 0.366 e. The predicted molar refractivity (Wildman–Crippen MR) is 105 cm³/mol. The van der Waals surface area contributed by atoms with E-state index in [-0.39, 0.29) is 11.4 Å². The fourth-order valence-electron chi connectivity index (χ4n) is 2.86. The second-order valence-corrected chi connectivity index (χ2v) is 8.34. The van der Waals surface area contributed by atoms with Gasteiger partial charge in [0, 0.05) is 18.7 Å². The maximum absolute atomic E-state index is 13.8. The molecule has 1 aliphatic rings. The molecule has 7 nitrogen and oxygen atoms in total. The van der Waals surface area contributed by atoms with Crippen LogP contribution in [0.4, 0.5) is 20.2 Å². The number of nitrogens with two attached hydrogens (primary N) is 1. The van der Waals surface area contributed by atoms with Gasteiger partial charge in [-0.1, -0.05) is 12.1 Å². The normalized spacial score (nSPS) is 15.6. The van der Waals surface area contributed by atoms with Crippen molar-refractivity contribution in [3.63, 3.8) is 0 Å². The van der Waals surface area contributed by atoms with Gasteiger partial charge in [0.1, 0.15) is 11.6 Å². The molecule has 1 aliphatic heterocycles. The Morgan fingerprint density at radius 3 is 2.38 bits per heavy atom. The van der Waals surface area contributed by atoms with E-state index >= 15 is 0 Å². The Labute approximate surface area is 165 Å². The van der Waals surface area contributed by atoms with Crippen LogP contribution in [0.1, 0.15) is 22.3 Å². The zero-order chi connectivity index (χ0) is 21.2. The van der Waals surface area contributed by atoms with E-state index in [4.69, 9.17) is 5.73 Å². The molecule has 0 unspecified atom stereocenters. The zero-order valence-corrected chi connectivity index (χ0v) is 15.9. The minimum absolute atomic E-state index is 0.117. The van der Waals surface area contributed by atoms with Crippen LogP contribution < -0.4 is 15.4 Å². The molecule has 3 rings (SSSR count). The van der Waals surface area contributed by atoms with E-state index in [1.807, 2.05) is 0 Å². The summed E-state index contributed by atoms with van der Waals surface area (Å²) in [5.74, 6) is -3.86. The first kappa shape index (κ1) is 20.5. The van der Waals surface area contributed by atoms with Gasteiger partial charge in [-0.05, 0) is 36.3 Å². The summed E-state index contributed by atoms with van der Waals surface area (Å²) in [6.07, 6.45) is 3.13. The molecule has 0 atom stereocenters. The summed E-state index contributed by atoms with van der Waals surface area (Å²) in [6, 6.07) is 7.81. The van der Waals surface area contributed by atoms with Crippen molar-refractivity contribution in [2.75, 3.05) is 21.9 Å². The number of sulfonamides is 1. The number of anilines is 2. The lowest BCUT2D eigenvalue weighted by Crippen LogP contribution is -2.24. The summed E-state index contributed by atoms with van der Waals surface area (Å²) in [4.78, 5) is 23.1. The van der Waals surface area contributed by atoms with Crippen LogP contribution in [-0.2, 0) is 14.8 Å². The third-order valence-electron chi connectivity index (χ3n) is 4.29. The van der Waals surface area contributed by atoms with E-state index in [1.54, 1.807) is 24.3 Å². The number of amides is 2. The van der Waals surface area contributed by atoms with Gasteiger partial charge < -0.3 is 11.1 Å². The van der Waals surface area contributed by atoms with Crippen molar-refractivity contribution in [3.05, 3.63) is 65.2 Å². The quantitative estimate of drug-likeness (QED) is 0.722. The summed E-state index contributed by atoms with van der Waals surface area (Å²) >= 11 is 0. The maximum Gasteiger partial charge on any atom is 0.251 e. The Morgan fingerprint density at radius 1 is 1.10 bits per heavy atom. The standard InChI is InChI=1S/C19H17F2N3O4S/c20-15-11-16(21)17(10-14(15)19(22)26)23-18(25)7-4-12-2-5-13(6-3-12)24-8-1-9-29(24,27)28/h2-7,10-11H,1,8-9H2,(H2,22,26)(H,23,25)/b7-4+. The average molecular weight is 421 g/mol. The highest BCUT2D eigenvalue weighted by atomic mass is 32.2. The van der Waals surface area contributed by atoms with Gasteiger partial charge in [-0.3, -0.25) is 13.9 Å². The number of hydrogen-bond acceptors (Lipinski definition) is 4. The van der Waals surface area contributed by atoms with Gasteiger partial charge in [-0.25, -0.2) is 17.2 Å². The second kappa shape index (κ2) is 8.00. The molecule has 0 aliphatic carbocycles. The van der Waals surface area contributed by atoms with Gasteiger partial charge in [0.05, 0.1) is 22.7 Å². The van der Waals surface area contributed by atoms with E-state index in [2.05, 4.69) is 5.32 Å². The van der Waals surface area contributed by atoms with Crippen molar-refractivity contribution >= 4 is 39.3 Å². The van der Waals surface area contributed by atoms with E-state index in [0.717, 1.165) is 12.1 Å². The molecule has 0 saturated carbocycles. The number of hydrogen-bond donors (Lipinski definition) is 2. The molecule has 1 heterocycles. The molecule has 3 N–H and O–H groups in total. The third-order valence-corrected chi connectivity index (χ3v) is 6.16. The summed E-state index contributed by atoms with van der Waals surface area (Å²) in [7, 11) is -3.27. The molecule has 0 aromatic heterocycles. The highest BCUT2D eigenvalue weighted by Gasteiger charge is 2.28. The van der Waals surface area contributed by atoms with Crippen LogP contribution >= 0.6 is 0 Å². The van der Waals surface area contributed by atoms with Gasteiger partial charge in [0.15, 0.2) is 0 Å². The first-order valence-electron chi connectivity index (χ1n) is 8.56. The summed E-state index contributed by atoms with van der Waals surface area (Å²) in [6.45, 7) is 0.427. The number of carbonyl (C=O) groups excluding carboxylic acids is 2. The molecule has 0 spiro atoms. The SMILES string of the molecule is NC(=O)c1cc(NC(=O)/C=C/c2ccc(N3CCCS3(=O)=O)cc2)c(F)cc1F. The molecule has 29 heavy (non-hydrogen) atoms. The Balaban J connectivity index is 1.70. The molecular formula is C19H17F2N3O4S. The van der Waals surface area contributed by atoms with Crippen LogP contribution in [0.2, 0.25) is 0 Å². The number of benzene rings is 2. The minimum Gasteiger partial charge on any atom is -0.366 e. The lowest BCUT2D eigenvalue weighted by Gasteiger charge is -2.16. The van der Waals surface area contributed by atoms with Crippen LogP contribution in [0.15, 0.2) is 42.5 Å². The molecule has 2 amide bonds. The van der Waals surface area contributed by atoms with Crippen molar-refractivity contribution in [3.8, 4) is 0 Å². The molecule has 1 fully saturated rings. The summed E-state index contributed by atoms with van der Waals surface area (Å²) in [5.41, 5.74) is 5.22. The fraction of sp³-hybridized carbons (Fsp3) is 0.158. The van der Waals surface area contributed by atoms with Gasteiger partial charge >= 0.3 is 0 Å². The second-order valence-electron chi connectivity index (χ2n) is 6.33. The first-order valence-corrected chi connectivity index (χ1v) is 10.2. The highest BCUT2D eigenvalue weighted by molar-refractivity contribution is 7.93. The number of nitrogens with one attached hydrogen (secondary N) is 1. The van der Waals surface area contributed by atoms with E-state index < -0.39 is 39.0 Å². The Morgan fingerprint density at radius 2 is 1.79 bits per heavy atom. The number of carbonyl (C=O) groups is 2. The van der Waals surface area contributed by atoms with Crippen molar-refractivity contribution in [1.82, 2.24) is 0 Å².